The summed E-state index contributed by atoms with van der Waals surface area (Å²) >= 11 is 0. The second-order valence-corrected chi connectivity index (χ2v) is 3.12. The highest BCUT2D eigenvalue weighted by atomic mass is 16.6. The second-order valence-electron chi connectivity index (χ2n) is 3.12. The zero-order chi connectivity index (χ0) is 8.97. The number of urea groups is 1. The first-order chi connectivity index (χ1) is 5.77. The molecule has 1 rings (SSSR count). The first kappa shape index (κ1) is 9.32. The summed E-state index contributed by atoms with van der Waals surface area (Å²) in [5.41, 5.74) is 2.32. The molecule has 1 fully saturated rings. The van der Waals surface area contributed by atoms with Gasteiger partial charge >= 0.3 is 6.03 Å². The summed E-state index contributed by atoms with van der Waals surface area (Å²) in [6.07, 6.45) is 2.27. The Labute approximate surface area is 72.8 Å². The number of amides is 2. The zero-order valence-corrected chi connectivity index (χ0v) is 7.67. The van der Waals surface area contributed by atoms with Crippen LogP contribution < -0.4 is 5.48 Å². The van der Waals surface area contributed by atoms with Gasteiger partial charge in [-0.1, -0.05) is 13.3 Å². The predicted octanol–water partition coefficient (Wildman–Crippen LogP) is 0.989. The third kappa shape index (κ3) is 2.11. The molecule has 4 heteroatoms. The minimum absolute atomic E-state index is 0.117. The lowest BCUT2D eigenvalue weighted by Gasteiger charge is -2.15. The monoisotopic (exact) mass is 172 g/mol. The van der Waals surface area contributed by atoms with Crippen molar-refractivity contribution in [3.05, 3.63) is 0 Å². The van der Waals surface area contributed by atoms with Gasteiger partial charge in [0.25, 0.3) is 0 Å². The summed E-state index contributed by atoms with van der Waals surface area (Å²) < 4.78 is 0. The van der Waals surface area contributed by atoms with Crippen LogP contribution in [0.15, 0.2) is 0 Å². The quantitative estimate of drug-likeness (QED) is 0.631. The lowest BCUT2D eigenvalue weighted by atomic mass is 10.1. The molecule has 4 nitrogen and oxygen atoms in total. The lowest BCUT2D eigenvalue weighted by Crippen LogP contribution is -2.37. The molecule has 0 saturated carbocycles. The van der Waals surface area contributed by atoms with Gasteiger partial charge in [0.15, 0.2) is 0 Å². The fraction of sp³-hybridized carbons (Fsp3) is 0.875. The zero-order valence-electron chi connectivity index (χ0n) is 7.67. The number of hydroxylamine groups is 1. The van der Waals surface area contributed by atoms with Crippen LogP contribution in [0, 0.1) is 5.92 Å². The topological polar surface area (TPSA) is 41.6 Å². The van der Waals surface area contributed by atoms with Crippen molar-refractivity contribution in [3.63, 3.8) is 0 Å². The van der Waals surface area contributed by atoms with Crippen molar-refractivity contribution in [3.8, 4) is 0 Å². The van der Waals surface area contributed by atoms with Gasteiger partial charge in [0.05, 0.1) is 7.11 Å². The van der Waals surface area contributed by atoms with Gasteiger partial charge in [0.1, 0.15) is 0 Å². The van der Waals surface area contributed by atoms with Crippen molar-refractivity contribution < 1.29 is 9.63 Å². The average Bonchev–Trinajstić information content (AvgIpc) is 2.52. The molecule has 0 aromatic rings. The van der Waals surface area contributed by atoms with E-state index >= 15 is 0 Å². The maximum absolute atomic E-state index is 11.2. The first-order valence-corrected chi connectivity index (χ1v) is 4.35. The normalized spacial score (nSPS) is 22.8. The summed E-state index contributed by atoms with van der Waals surface area (Å²) in [7, 11) is 1.45. The molecule has 0 aromatic heterocycles. The number of nitrogens with zero attached hydrogens (tertiary/aromatic N) is 1. The average molecular weight is 172 g/mol. The van der Waals surface area contributed by atoms with E-state index in [1.165, 1.54) is 7.11 Å². The molecule has 0 spiro atoms. The molecular formula is C8H16N2O2. The van der Waals surface area contributed by atoms with E-state index in [4.69, 9.17) is 0 Å². The fourth-order valence-electron chi connectivity index (χ4n) is 1.50. The first-order valence-electron chi connectivity index (χ1n) is 4.35. The van der Waals surface area contributed by atoms with E-state index in [1.54, 1.807) is 4.90 Å². The second kappa shape index (κ2) is 4.30. The van der Waals surface area contributed by atoms with Crippen LogP contribution in [-0.2, 0) is 4.84 Å². The van der Waals surface area contributed by atoms with Gasteiger partial charge in [-0.15, -0.1) is 0 Å². The summed E-state index contributed by atoms with van der Waals surface area (Å²) in [5.74, 6) is 0.674. The Hall–Kier alpha value is -0.770. The minimum atomic E-state index is -0.117. The number of nitrogens with one attached hydrogen (secondary N) is 1. The maximum atomic E-state index is 11.2. The van der Waals surface area contributed by atoms with Crippen molar-refractivity contribution in [2.75, 3.05) is 20.2 Å². The van der Waals surface area contributed by atoms with Crippen molar-refractivity contribution >= 4 is 6.03 Å². The molecule has 70 valence electrons. The number of carbonyl (C=O) groups excluding carboxylic acids is 1. The Kier molecular flexibility index (Phi) is 3.34. The van der Waals surface area contributed by atoms with Crippen LogP contribution >= 0.6 is 0 Å². The molecular weight excluding hydrogens is 156 g/mol. The van der Waals surface area contributed by atoms with E-state index < -0.39 is 0 Å². The van der Waals surface area contributed by atoms with Gasteiger partial charge in [-0.25, -0.2) is 10.3 Å². The van der Waals surface area contributed by atoms with Gasteiger partial charge in [-0.05, 0) is 12.3 Å². The van der Waals surface area contributed by atoms with Gasteiger partial charge in [-0.3, -0.25) is 4.84 Å². The Morgan fingerprint density at radius 2 is 2.50 bits per heavy atom. The molecule has 0 bridgehead atoms. The highest BCUT2D eigenvalue weighted by Gasteiger charge is 2.24. The third-order valence-electron chi connectivity index (χ3n) is 2.34. The lowest BCUT2D eigenvalue weighted by molar-refractivity contribution is 0.0901. The van der Waals surface area contributed by atoms with Crippen molar-refractivity contribution in [1.29, 1.82) is 0 Å². The number of hydrogen-bond acceptors (Lipinski definition) is 2. The molecule has 1 aliphatic heterocycles. The van der Waals surface area contributed by atoms with Crippen molar-refractivity contribution in [1.82, 2.24) is 10.4 Å². The number of carbonyl (C=O) groups is 1. The molecule has 0 aromatic carbocycles. The highest BCUT2D eigenvalue weighted by Crippen LogP contribution is 2.18. The molecule has 1 aliphatic rings. The number of likely N-dealkylation sites (tertiary alicyclic amines) is 1. The van der Waals surface area contributed by atoms with Crippen LogP contribution in [0.3, 0.4) is 0 Å². The summed E-state index contributed by atoms with van der Waals surface area (Å²) in [5, 5.41) is 0. The van der Waals surface area contributed by atoms with E-state index in [2.05, 4.69) is 17.2 Å². The van der Waals surface area contributed by atoms with Crippen LogP contribution in [0.4, 0.5) is 4.79 Å². The third-order valence-corrected chi connectivity index (χ3v) is 2.34. The standard InChI is InChI=1S/C8H16N2O2/c1-3-7-4-5-10(6-7)8(11)9-12-2/h7H,3-6H2,1-2H3,(H,9,11). The molecule has 1 unspecified atom stereocenters. The molecule has 1 saturated heterocycles. The molecule has 0 aliphatic carbocycles. The van der Waals surface area contributed by atoms with Crippen molar-refractivity contribution in [2.24, 2.45) is 5.92 Å². The molecule has 2 amide bonds. The van der Waals surface area contributed by atoms with Crippen LogP contribution in [0.5, 0.6) is 0 Å². The van der Waals surface area contributed by atoms with Gasteiger partial charge in [0, 0.05) is 13.1 Å². The van der Waals surface area contributed by atoms with Crippen LogP contribution in [0.25, 0.3) is 0 Å². The van der Waals surface area contributed by atoms with E-state index in [1.807, 2.05) is 0 Å². The Bertz CT molecular complexity index is 161. The molecule has 12 heavy (non-hydrogen) atoms. The Balaban J connectivity index is 2.31. The maximum Gasteiger partial charge on any atom is 0.341 e. The van der Waals surface area contributed by atoms with E-state index in [-0.39, 0.29) is 6.03 Å². The molecule has 1 N–H and O–H groups in total. The summed E-state index contributed by atoms with van der Waals surface area (Å²) in [4.78, 5) is 17.5. The van der Waals surface area contributed by atoms with E-state index in [0.717, 1.165) is 25.9 Å². The SMILES string of the molecule is CCC1CCN(C(=O)NOC)C1. The highest BCUT2D eigenvalue weighted by molar-refractivity contribution is 5.73. The molecule has 1 atom stereocenters. The Morgan fingerprint density at radius 3 is 3.00 bits per heavy atom. The van der Waals surface area contributed by atoms with E-state index in [0.29, 0.717) is 5.92 Å². The Morgan fingerprint density at radius 1 is 1.75 bits per heavy atom. The van der Waals surface area contributed by atoms with Gasteiger partial charge in [0.2, 0.25) is 0 Å². The summed E-state index contributed by atoms with van der Waals surface area (Å²) in [6, 6.07) is -0.117. The minimum Gasteiger partial charge on any atom is -0.323 e. The van der Waals surface area contributed by atoms with Crippen LogP contribution in [-0.4, -0.2) is 31.1 Å². The van der Waals surface area contributed by atoms with E-state index in [9.17, 15) is 4.79 Å². The summed E-state index contributed by atoms with van der Waals surface area (Å²) in [6.45, 7) is 3.88. The fourth-order valence-corrected chi connectivity index (χ4v) is 1.50. The van der Waals surface area contributed by atoms with Crippen LogP contribution in [0.1, 0.15) is 19.8 Å². The van der Waals surface area contributed by atoms with Crippen molar-refractivity contribution in [2.45, 2.75) is 19.8 Å². The largest absolute Gasteiger partial charge is 0.341 e. The van der Waals surface area contributed by atoms with Crippen LogP contribution in [0.2, 0.25) is 0 Å². The number of rotatable bonds is 2. The number of hydrogen-bond donors (Lipinski definition) is 1. The molecule has 0 radical (unpaired) electrons. The smallest absolute Gasteiger partial charge is 0.323 e. The van der Waals surface area contributed by atoms with Gasteiger partial charge < -0.3 is 4.90 Å². The van der Waals surface area contributed by atoms with Gasteiger partial charge in [-0.2, -0.15) is 0 Å². The molecule has 1 heterocycles. The predicted molar refractivity (Wildman–Crippen MR) is 45.5 cm³/mol.